The number of urea groups is 1. The fourth-order valence-corrected chi connectivity index (χ4v) is 6.86. The van der Waals surface area contributed by atoms with Gasteiger partial charge in [-0.2, -0.15) is 0 Å². The Kier molecular flexibility index (Phi) is 5.27. The van der Waals surface area contributed by atoms with Gasteiger partial charge in [0.15, 0.2) is 0 Å². The Labute approximate surface area is 203 Å². The third kappa shape index (κ3) is 3.83. The standard InChI is InChI=1S/C23H24N6O3S2/c1-12-8-29(9-13(2)32-12)23(31)28-6-5-15-18(10-28)33-21-19(15)20(24-11-25-21)26-14-3-4-16-17(7-14)34-22(30)27-16/h3-4,7,11-13H,5-6,8-10H2,1-2H3,(H,27,30)(H,24,25,26)/t12-,13+. The van der Waals surface area contributed by atoms with Crippen LogP contribution >= 0.6 is 22.7 Å². The first-order chi connectivity index (χ1) is 16.4. The molecule has 2 aliphatic rings. The molecular weight excluding hydrogens is 472 g/mol. The number of anilines is 2. The average molecular weight is 497 g/mol. The van der Waals surface area contributed by atoms with Crippen molar-refractivity contribution in [3.63, 3.8) is 0 Å². The molecule has 6 rings (SSSR count). The Bertz CT molecular complexity index is 1450. The molecule has 1 fully saturated rings. The highest BCUT2D eigenvalue weighted by Crippen LogP contribution is 2.38. The van der Waals surface area contributed by atoms with E-state index in [4.69, 9.17) is 4.74 Å². The molecule has 2 amide bonds. The molecule has 0 unspecified atom stereocenters. The number of rotatable bonds is 2. The van der Waals surface area contributed by atoms with Crippen LogP contribution in [0.25, 0.3) is 20.4 Å². The van der Waals surface area contributed by atoms with Crippen molar-refractivity contribution in [1.29, 1.82) is 0 Å². The summed E-state index contributed by atoms with van der Waals surface area (Å²) < 4.78 is 6.68. The highest BCUT2D eigenvalue weighted by Gasteiger charge is 2.32. The van der Waals surface area contributed by atoms with Gasteiger partial charge in [0.1, 0.15) is 17.0 Å². The zero-order chi connectivity index (χ0) is 23.4. The van der Waals surface area contributed by atoms with Crippen LogP contribution in [0.3, 0.4) is 0 Å². The highest BCUT2D eigenvalue weighted by atomic mass is 32.1. The van der Waals surface area contributed by atoms with Crippen LogP contribution in [0.1, 0.15) is 24.3 Å². The van der Waals surface area contributed by atoms with Gasteiger partial charge in [-0.05, 0) is 44.0 Å². The van der Waals surface area contributed by atoms with Crippen molar-refractivity contribution in [3.8, 4) is 0 Å². The normalized spacial score (nSPS) is 20.6. The molecule has 0 saturated carbocycles. The number of carbonyl (C=O) groups excluding carboxylic acids is 1. The number of benzene rings is 1. The highest BCUT2D eigenvalue weighted by molar-refractivity contribution is 7.19. The molecule has 0 spiro atoms. The molecule has 2 N–H and O–H groups in total. The Morgan fingerprint density at radius 1 is 1.18 bits per heavy atom. The van der Waals surface area contributed by atoms with Gasteiger partial charge in [0.05, 0.1) is 34.4 Å². The first kappa shape index (κ1) is 21.5. The molecule has 4 aromatic rings. The van der Waals surface area contributed by atoms with E-state index in [2.05, 4.69) is 20.3 Å². The zero-order valence-corrected chi connectivity index (χ0v) is 20.5. The maximum absolute atomic E-state index is 13.2. The fraction of sp³-hybridized carbons (Fsp3) is 0.391. The summed E-state index contributed by atoms with van der Waals surface area (Å²) in [5.41, 5.74) is 2.91. The van der Waals surface area contributed by atoms with Crippen molar-refractivity contribution in [1.82, 2.24) is 24.8 Å². The SMILES string of the molecule is C[C@@H]1CN(C(=O)N2CCc3c(sc4ncnc(Nc5ccc6[nH]c(=O)sc6c5)c34)C2)C[C@H](C)O1. The summed E-state index contributed by atoms with van der Waals surface area (Å²) in [5, 5.41) is 4.44. The summed E-state index contributed by atoms with van der Waals surface area (Å²) in [6.07, 6.45) is 2.43. The van der Waals surface area contributed by atoms with E-state index in [1.807, 2.05) is 41.8 Å². The number of thiophene rings is 1. The lowest BCUT2D eigenvalue weighted by Crippen LogP contribution is -2.53. The third-order valence-electron chi connectivity index (χ3n) is 6.28. The predicted molar refractivity (Wildman–Crippen MR) is 134 cm³/mol. The number of H-pyrrole nitrogens is 1. The minimum Gasteiger partial charge on any atom is -0.372 e. The molecule has 2 atom stereocenters. The van der Waals surface area contributed by atoms with Crippen LogP contribution in [-0.4, -0.2) is 62.6 Å². The van der Waals surface area contributed by atoms with Crippen molar-refractivity contribution in [2.45, 2.75) is 39.0 Å². The van der Waals surface area contributed by atoms with E-state index < -0.39 is 0 Å². The third-order valence-corrected chi connectivity index (χ3v) is 8.25. The summed E-state index contributed by atoms with van der Waals surface area (Å²) in [7, 11) is 0. The maximum atomic E-state index is 13.2. The second kappa shape index (κ2) is 8.33. The van der Waals surface area contributed by atoms with Crippen LogP contribution < -0.4 is 10.2 Å². The average Bonchev–Trinajstić information content (AvgIpc) is 3.36. The minimum atomic E-state index is -0.0661. The molecule has 3 aromatic heterocycles. The van der Waals surface area contributed by atoms with E-state index in [0.29, 0.717) is 26.2 Å². The topological polar surface area (TPSA) is 103 Å². The number of aromatic amines is 1. The van der Waals surface area contributed by atoms with Gasteiger partial charge in [0.25, 0.3) is 0 Å². The molecule has 2 aliphatic heterocycles. The predicted octanol–water partition coefficient (Wildman–Crippen LogP) is 3.93. The van der Waals surface area contributed by atoms with Gasteiger partial charge < -0.3 is 24.8 Å². The molecule has 1 saturated heterocycles. The van der Waals surface area contributed by atoms with E-state index in [0.717, 1.165) is 43.2 Å². The lowest BCUT2D eigenvalue weighted by atomic mass is 10.0. The molecule has 11 heteroatoms. The molecule has 5 heterocycles. The van der Waals surface area contributed by atoms with E-state index >= 15 is 0 Å². The molecular formula is C23H24N6O3S2. The van der Waals surface area contributed by atoms with Gasteiger partial charge in [0.2, 0.25) is 0 Å². The number of carbonyl (C=O) groups is 1. The monoisotopic (exact) mass is 496 g/mol. The van der Waals surface area contributed by atoms with Crippen molar-refractivity contribution in [2.24, 2.45) is 0 Å². The molecule has 0 aliphatic carbocycles. The number of amides is 2. The van der Waals surface area contributed by atoms with Crippen molar-refractivity contribution in [3.05, 3.63) is 44.6 Å². The quantitative estimate of drug-likeness (QED) is 0.436. The van der Waals surface area contributed by atoms with Crippen LogP contribution in [0.4, 0.5) is 16.3 Å². The summed E-state index contributed by atoms with van der Waals surface area (Å²) >= 11 is 2.82. The molecule has 34 heavy (non-hydrogen) atoms. The fourth-order valence-electron chi connectivity index (χ4n) is 4.88. The number of hydrogen-bond acceptors (Lipinski definition) is 8. The zero-order valence-electron chi connectivity index (χ0n) is 18.8. The lowest BCUT2D eigenvalue weighted by Gasteiger charge is -2.39. The maximum Gasteiger partial charge on any atom is 0.320 e. The van der Waals surface area contributed by atoms with Gasteiger partial charge in [-0.3, -0.25) is 4.79 Å². The number of hydrogen-bond donors (Lipinski definition) is 2. The Morgan fingerprint density at radius 2 is 2.00 bits per heavy atom. The van der Waals surface area contributed by atoms with E-state index in [-0.39, 0.29) is 23.1 Å². The Hall–Kier alpha value is -3.02. The van der Waals surface area contributed by atoms with E-state index in [1.165, 1.54) is 16.9 Å². The number of thiazole rings is 1. The second-order valence-electron chi connectivity index (χ2n) is 8.87. The smallest absolute Gasteiger partial charge is 0.320 e. The van der Waals surface area contributed by atoms with Gasteiger partial charge >= 0.3 is 10.9 Å². The summed E-state index contributed by atoms with van der Waals surface area (Å²) in [6, 6.07) is 5.86. The minimum absolute atomic E-state index is 0.0489. The molecule has 176 valence electrons. The molecule has 9 nitrogen and oxygen atoms in total. The first-order valence-corrected chi connectivity index (χ1v) is 12.9. The number of aromatic nitrogens is 3. The van der Waals surface area contributed by atoms with Gasteiger partial charge in [-0.15, -0.1) is 11.3 Å². The second-order valence-corrected chi connectivity index (χ2v) is 11.0. The summed E-state index contributed by atoms with van der Waals surface area (Å²) in [5.74, 6) is 0.750. The van der Waals surface area contributed by atoms with Gasteiger partial charge in [-0.1, -0.05) is 11.3 Å². The van der Waals surface area contributed by atoms with Crippen LogP contribution in [0.15, 0.2) is 29.3 Å². The lowest BCUT2D eigenvalue weighted by molar-refractivity contribution is -0.0585. The van der Waals surface area contributed by atoms with Gasteiger partial charge in [0, 0.05) is 30.2 Å². The van der Waals surface area contributed by atoms with Crippen LogP contribution in [0.2, 0.25) is 0 Å². The number of ether oxygens (including phenoxy) is 1. The molecule has 0 radical (unpaired) electrons. The van der Waals surface area contributed by atoms with Gasteiger partial charge in [-0.25, -0.2) is 14.8 Å². The Balaban J connectivity index is 1.28. The number of fused-ring (bicyclic) bond motifs is 4. The van der Waals surface area contributed by atoms with Crippen LogP contribution in [0, 0.1) is 0 Å². The number of nitrogens with zero attached hydrogens (tertiary/aromatic N) is 4. The van der Waals surface area contributed by atoms with Crippen molar-refractivity contribution < 1.29 is 9.53 Å². The van der Waals surface area contributed by atoms with E-state index in [9.17, 15) is 9.59 Å². The number of morpholine rings is 1. The molecule has 0 bridgehead atoms. The first-order valence-electron chi connectivity index (χ1n) is 11.3. The summed E-state index contributed by atoms with van der Waals surface area (Å²) in [4.78, 5) is 42.6. The largest absolute Gasteiger partial charge is 0.372 e. The number of nitrogens with one attached hydrogen (secondary N) is 2. The Morgan fingerprint density at radius 3 is 2.82 bits per heavy atom. The molecule has 1 aromatic carbocycles. The van der Waals surface area contributed by atoms with Crippen LogP contribution in [-0.2, 0) is 17.7 Å². The van der Waals surface area contributed by atoms with E-state index in [1.54, 1.807) is 17.7 Å². The van der Waals surface area contributed by atoms with Crippen molar-refractivity contribution in [2.75, 3.05) is 25.0 Å². The van der Waals surface area contributed by atoms with Crippen LogP contribution in [0.5, 0.6) is 0 Å². The summed E-state index contributed by atoms with van der Waals surface area (Å²) in [6.45, 7) is 6.51. The van der Waals surface area contributed by atoms with Crippen molar-refractivity contribution >= 4 is 60.6 Å².